The van der Waals surface area contributed by atoms with Gasteiger partial charge in [0.25, 0.3) is 0 Å². The lowest BCUT2D eigenvalue weighted by Crippen LogP contribution is -2.35. The monoisotopic (exact) mass is 287 g/mol. The fraction of sp³-hybridized carbons (Fsp3) is 0.700. The number of aryl methyl sites for hydroxylation is 1. The van der Waals surface area contributed by atoms with Crippen LogP contribution >= 0.6 is 0 Å². The van der Waals surface area contributed by atoms with Gasteiger partial charge in [0.15, 0.2) is 0 Å². The van der Waals surface area contributed by atoms with E-state index in [9.17, 15) is 0 Å². The Balaban J connectivity index is 1.96. The molecule has 1 N–H and O–H groups in total. The highest BCUT2D eigenvalue weighted by Crippen LogP contribution is 2.36. The summed E-state index contributed by atoms with van der Waals surface area (Å²) in [4.78, 5) is 0. The highest BCUT2D eigenvalue weighted by Gasteiger charge is 2.28. The highest BCUT2D eigenvalue weighted by atomic mass is 14.9. The topological polar surface area (TPSA) is 12.0 Å². The third-order valence-corrected chi connectivity index (χ3v) is 5.10. The van der Waals surface area contributed by atoms with Crippen LogP contribution in [0.25, 0.3) is 0 Å². The van der Waals surface area contributed by atoms with E-state index in [1.54, 1.807) is 5.56 Å². The fourth-order valence-electron chi connectivity index (χ4n) is 3.76. The van der Waals surface area contributed by atoms with E-state index in [-0.39, 0.29) is 0 Å². The van der Waals surface area contributed by atoms with Gasteiger partial charge in [-0.3, -0.25) is 0 Å². The molecule has 1 aromatic rings. The maximum absolute atomic E-state index is 3.70. The summed E-state index contributed by atoms with van der Waals surface area (Å²) in [7, 11) is 0. The van der Waals surface area contributed by atoms with Crippen LogP contribution in [-0.2, 0) is 6.42 Å². The van der Waals surface area contributed by atoms with Crippen molar-refractivity contribution in [3.8, 4) is 0 Å². The minimum absolute atomic E-state index is 0.752. The van der Waals surface area contributed by atoms with Crippen molar-refractivity contribution in [1.29, 1.82) is 0 Å². The summed E-state index contributed by atoms with van der Waals surface area (Å²) in [5.74, 6) is 3.37. The molecule has 0 amide bonds. The first-order valence-corrected chi connectivity index (χ1v) is 8.81. The van der Waals surface area contributed by atoms with Gasteiger partial charge in [-0.2, -0.15) is 0 Å². The average molecular weight is 287 g/mol. The van der Waals surface area contributed by atoms with Crippen LogP contribution in [0, 0.1) is 30.6 Å². The quantitative estimate of drug-likeness (QED) is 0.789. The van der Waals surface area contributed by atoms with Crippen LogP contribution in [0.3, 0.4) is 0 Å². The minimum atomic E-state index is 0.752. The first kappa shape index (κ1) is 16.5. The largest absolute Gasteiger partial charge is 0.316 e. The molecule has 21 heavy (non-hydrogen) atoms. The number of nitrogens with one attached hydrogen (secondary N) is 1. The molecule has 0 radical (unpaired) electrons. The van der Waals surface area contributed by atoms with Crippen LogP contribution in [0.4, 0.5) is 0 Å². The number of rotatable bonds is 6. The van der Waals surface area contributed by atoms with Crippen LogP contribution < -0.4 is 5.32 Å². The third-order valence-electron chi connectivity index (χ3n) is 5.10. The molecule has 3 atom stereocenters. The zero-order valence-corrected chi connectivity index (χ0v) is 14.4. The normalized spacial score (nSPS) is 26.2. The van der Waals surface area contributed by atoms with Crippen molar-refractivity contribution in [2.45, 2.75) is 53.4 Å². The summed E-state index contributed by atoms with van der Waals surface area (Å²) in [5.41, 5.74) is 3.02. The Labute approximate surface area is 131 Å². The number of hydrogen-bond donors (Lipinski definition) is 1. The summed E-state index contributed by atoms with van der Waals surface area (Å²) >= 11 is 0. The SMILES string of the molecule is Cc1ccccc1CC1CC(C)CCC1CNCC(C)C. The van der Waals surface area contributed by atoms with Gasteiger partial charge in [-0.05, 0) is 74.1 Å². The van der Waals surface area contributed by atoms with Crippen LogP contribution in [0.2, 0.25) is 0 Å². The van der Waals surface area contributed by atoms with E-state index in [1.165, 1.54) is 37.8 Å². The Morgan fingerprint density at radius 1 is 1.14 bits per heavy atom. The van der Waals surface area contributed by atoms with Crippen LogP contribution in [0.5, 0.6) is 0 Å². The van der Waals surface area contributed by atoms with Crippen molar-refractivity contribution in [2.75, 3.05) is 13.1 Å². The summed E-state index contributed by atoms with van der Waals surface area (Å²) < 4.78 is 0. The van der Waals surface area contributed by atoms with Gasteiger partial charge in [0.1, 0.15) is 0 Å². The molecule has 0 heterocycles. The van der Waals surface area contributed by atoms with Gasteiger partial charge < -0.3 is 5.32 Å². The predicted octanol–water partition coefficient (Wildman–Crippen LogP) is 4.84. The molecular weight excluding hydrogens is 254 g/mol. The first-order chi connectivity index (χ1) is 10.1. The molecule has 1 fully saturated rings. The first-order valence-electron chi connectivity index (χ1n) is 8.81. The van der Waals surface area contributed by atoms with Crippen LogP contribution in [0.15, 0.2) is 24.3 Å². The Morgan fingerprint density at radius 3 is 2.62 bits per heavy atom. The predicted molar refractivity (Wildman–Crippen MR) is 92.6 cm³/mol. The lowest BCUT2D eigenvalue weighted by Gasteiger charge is -2.35. The summed E-state index contributed by atoms with van der Waals surface area (Å²) in [6, 6.07) is 8.94. The zero-order chi connectivity index (χ0) is 15.2. The van der Waals surface area contributed by atoms with E-state index in [0.717, 1.165) is 30.2 Å². The molecule has 0 bridgehead atoms. The third kappa shape index (κ3) is 5.14. The molecule has 1 aliphatic rings. The fourth-order valence-corrected chi connectivity index (χ4v) is 3.76. The van der Waals surface area contributed by atoms with E-state index < -0.39 is 0 Å². The van der Waals surface area contributed by atoms with Gasteiger partial charge in [-0.25, -0.2) is 0 Å². The molecule has 0 saturated heterocycles. The molecule has 118 valence electrons. The molecule has 1 saturated carbocycles. The van der Waals surface area contributed by atoms with Crippen LogP contribution in [-0.4, -0.2) is 13.1 Å². The zero-order valence-electron chi connectivity index (χ0n) is 14.4. The van der Waals surface area contributed by atoms with Crippen molar-refractivity contribution in [3.05, 3.63) is 35.4 Å². The second kappa shape index (κ2) is 7.98. The van der Waals surface area contributed by atoms with Crippen molar-refractivity contribution in [2.24, 2.45) is 23.7 Å². The Hall–Kier alpha value is -0.820. The standard InChI is InChI=1S/C20H33N/c1-15(2)13-21-14-19-10-9-16(3)11-20(19)12-18-8-6-5-7-17(18)4/h5-8,15-16,19-21H,9-14H2,1-4H3. The minimum Gasteiger partial charge on any atom is -0.316 e. The lowest BCUT2D eigenvalue weighted by atomic mass is 9.72. The molecule has 1 heteroatoms. The highest BCUT2D eigenvalue weighted by molar-refractivity contribution is 5.26. The van der Waals surface area contributed by atoms with Crippen molar-refractivity contribution < 1.29 is 0 Å². The summed E-state index contributed by atoms with van der Waals surface area (Å²) in [6.45, 7) is 11.6. The molecule has 0 spiro atoms. The van der Waals surface area contributed by atoms with Gasteiger partial charge in [-0.15, -0.1) is 0 Å². The molecule has 0 aliphatic heterocycles. The maximum Gasteiger partial charge on any atom is -0.00176 e. The van der Waals surface area contributed by atoms with Crippen molar-refractivity contribution in [3.63, 3.8) is 0 Å². The van der Waals surface area contributed by atoms with E-state index in [4.69, 9.17) is 0 Å². The van der Waals surface area contributed by atoms with Gasteiger partial charge in [0, 0.05) is 0 Å². The lowest BCUT2D eigenvalue weighted by molar-refractivity contribution is 0.182. The number of hydrogen-bond acceptors (Lipinski definition) is 1. The molecule has 3 unspecified atom stereocenters. The molecule has 1 aromatic carbocycles. The molecule has 0 aromatic heterocycles. The van der Waals surface area contributed by atoms with Gasteiger partial charge in [0.05, 0.1) is 0 Å². The molecule has 2 rings (SSSR count). The van der Waals surface area contributed by atoms with Crippen LogP contribution in [0.1, 0.15) is 51.2 Å². The van der Waals surface area contributed by atoms with Crippen molar-refractivity contribution in [1.82, 2.24) is 5.32 Å². The second-order valence-electron chi connectivity index (χ2n) is 7.62. The van der Waals surface area contributed by atoms with E-state index in [1.807, 2.05) is 0 Å². The van der Waals surface area contributed by atoms with Gasteiger partial charge in [-0.1, -0.05) is 51.5 Å². The molecule has 1 nitrogen and oxygen atoms in total. The van der Waals surface area contributed by atoms with E-state index >= 15 is 0 Å². The van der Waals surface area contributed by atoms with Gasteiger partial charge in [0.2, 0.25) is 0 Å². The van der Waals surface area contributed by atoms with Crippen molar-refractivity contribution >= 4 is 0 Å². The Bertz CT molecular complexity index is 424. The molecular formula is C20H33N. The summed E-state index contributed by atoms with van der Waals surface area (Å²) in [5, 5.41) is 3.70. The van der Waals surface area contributed by atoms with E-state index in [0.29, 0.717) is 0 Å². The average Bonchev–Trinajstić information content (AvgIpc) is 2.43. The Kier molecular flexibility index (Phi) is 6.29. The second-order valence-corrected chi connectivity index (χ2v) is 7.62. The smallest absolute Gasteiger partial charge is 0.00176 e. The van der Waals surface area contributed by atoms with E-state index in [2.05, 4.69) is 57.3 Å². The maximum atomic E-state index is 3.70. The number of benzene rings is 1. The van der Waals surface area contributed by atoms with Gasteiger partial charge >= 0.3 is 0 Å². The Morgan fingerprint density at radius 2 is 1.90 bits per heavy atom. The summed E-state index contributed by atoms with van der Waals surface area (Å²) in [6.07, 6.45) is 5.49. The molecule has 1 aliphatic carbocycles.